The SMILES string of the molecule is CCC(=O)N1CCC(C)C(NC(=O)c2ccc3cncc(Br)c3n2)C1. The molecule has 0 aliphatic carbocycles. The van der Waals surface area contributed by atoms with Crippen LogP contribution in [0.5, 0.6) is 0 Å². The van der Waals surface area contributed by atoms with Crippen LogP contribution in [0, 0.1) is 5.92 Å². The van der Waals surface area contributed by atoms with Gasteiger partial charge in [-0.2, -0.15) is 0 Å². The molecule has 1 aliphatic heterocycles. The first-order valence-corrected chi connectivity index (χ1v) is 9.27. The zero-order valence-corrected chi connectivity index (χ0v) is 15.9. The van der Waals surface area contributed by atoms with Gasteiger partial charge in [0.15, 0.2) is 0 Å². The van der Waals surface area contributed by atoms with E-state index in [4.69, 9.17) is 0 Å². The van der Waals surface area contributed by atoms with Crippen LogP contribution in [0.25, 0.3) is 10.9 Å². The summed E-state index contributed by atoms with van der Waals surface area (Å²) < 4.78 is 0.755. The molecule has 7 heteroatoms. The van der Waals surface area contributed by atoms with E-state index in [2.05, 4.69) is 38.1 Å². The molecule has 2 amide bonds. The number of fused-ring (bicyclic) bond motifs is 1. The molecule has 2 unspecified atom stereocenters. The van der Waals surface area contributed by atoms with Gasteiger partial charge >= 0.3 is 0 Å². The molecule has 1 aliphatic rings. The molecular formula is C18H21BrN4O2. The van der Waals surface area contributed by atoms with Gasteiger partial charge in [0.05, 0.1) is 9.99 Å². The lowest BCUT2D eigenvalue weighted by atomic mass is 9.93. The highest BCUT2D eigenvalue weighted by atomic mass is 79.9. The molecule has 25 heavy (non-hydrogen) atoms. The molecular weight excluding hydrogens is 384 g/mol. The Kier molecular flexibility index (Phi) is 5.32. The summed E-state index contributed by atoms with van der Waals surface area (Å²) in [6.45, 7) is 5.28. The van der Waals surface area contributed by atoms with Crippen LogP contribution in [0.3, 0.4) is 0 Å². The summed E-state index contributed by atoms with van der Waals surface area (Å²) in [6.07, 6.45) is 4.75. The Labute approximate surface area is 155 Å². The normalized spacial score (nSPS) is 20.5. The van der Waals surface area contributed by atoms with Gasteiger partial charge in [-0.25, -0.2) is 4.98 Å². The number of nitrogens with one attached hydrogen (secondary N) is 1. The Morgan fingerprint density at radius 1 is 1.36 bits per heavy atom. The Morgan fingerprint density at radius 2 is 2.16 bits per heavy atom. The highest BCUT2D eigenvalue weighted by Crippen LogP contribution is 2.22. The second-order valence-electron chi connectivity index (χ2n) is 6.43. The standard InChI is InChI=1S/C18H21BrN4O2/c1-3-16(24)23-7-6-11(2)15(10-23)22-18(25)14-5-4-12-8-20-9-13(19)17(12)21-14/h4-5,8-9,11,15H,3,6-7,10H2,1-2H3,(H,22,25). The zero-order valence-electron chi connectivity index (χ0n) is 14.3. The highest BCUT2D eigenvalue weighted by molar-refractivity contribution is 9.10. The fourth-order valence-electron chi connectivity index (χ4n) is 3.09. The predicted molar refractivity (Wildman–Crippen MR) is 99.1 cm³/mol. The van der Waals surface area contributed by atoms with Crippen molar-refractivity contribution in [3.05, 3.63) is 34.7 Å². The van der Waals surface area contributed by atoms with Crippen molar-refractivity contribution in [1.82, 2.24) is 20.2 Å². The maximum Gasteiger partial charge on any atom is 0.270 e. The van der Waals surface area contributed by atoms with E-state index in [0.717, 1.165) is 22.8 Å². The first-order chi connectivity index (χ1) is 12.0. The number of hydrogen-bond acceptors (Lipinski definition) is 4. The van der Waals surface area contributed by atoms with Gasteiger partial charge in [-0.1, -0.05) is 13.8 Å². The summed E-state index contributed by atoms with van der Waals surface area (Å²) in [5, 5.41) is 3.92. The maximum atomic E-state index is 12.7. The van der Waals surface area contributed by atoms with E-state index < -0.39 is 0 Å². The van der Waals surface area contributed by atoms with Crippen molar-refractivity contribution in [1.29, 1.82) is 0 Å². The van der Waals surface area contributed by atoms with E-state index in [1.807, 2.05) is 17.9 Å². The maximum absolute atomic E-state index is 12.7. The summed E-state index contributed by atoms with van der Waals surface area (Å²) in [6, 6.07) is 3.48. The Morgan fingerprint density at radius 3 is 2.92 bits per heavy atom. The lowest BCUT2D eigenvalue weighted by Gasteiger charge is -2.37. The van der Waals surface area contributed by atoms with Gasteiger partial charge in [0, 0.05) is 43.3 Å². The van der Waals surface area contributed by atoms with Crippen LogP contribution >= 0.6 is 15.9 Å². The van der Waals surface area contributed by atoms with Crippen LogP contribution in [0.2, 0.25) is 0 Å². The summed E-state index contributed by atoms with van der Waals surface area (Å²) in [5.74, 6) is 0.237. The molecule has 3 heterocycles. The number of hydrogen-bond donors (Lipinski definition) is 1. The second-order valence-corrected chi connectivity index (χ2v) is 7.28. The van der Waals surface area contributed by atoms with Gasteiger partial charge in [0.1, 0.15) is 5.69 Å². The van der Waals surface area contributed by atoms with Crippen molar-refractivity contribution >= 4 is 38.6 Å². The number of likely N-dealkylation sites (tertiary alicyclic amines) is 1. The molecule has 0 bridgehead atoms. The first-order valence-electron chi connectivity index (χ1n) is 8.48. The van der Waals surface area contributed by atoms with E-state index in [-0.39, 0.29) is 17.9 Å². The number of aromatic nitrogens is 2. The summed E-state index contributed by atoms with van der Waals surface area (Å²) in [7, 11) is 0. The molecule has 6 nitrogen and oxygen atoms in total. The molecule has 1 N–H and O–H groups in total. The summed E-state index contributed by atoms with van der Waals surface area (Å²) in [4.78, 5) is 35.0. The minimum Gasteiger partial charge on any atom is -0.346 e. The van der Waals surface area contributed by atoms with E-state index in [9.17, 15) is 9.59 Å². The Bertz CT molecular complexity index is 811. The highest BCUT2D eigenvalue weighted by Gasteiger charge is 2.29. The fraction of sp³-hybridized carbons (Fsp3) is 0.444. The fourth-order valence-corrected chi connectivity index (χ4v) is 3.52. The number of amides is 2. The molecule has 3 rings (SSSR count). The second kappa shape index (κ2) is 7.47. The van der Waals surface area contributed by atoms with Crippen LogP contribution in [-0.2, 0) is 4.79 Å². The average Bonchev–Trinajstić information content (AvgIpc) is 2.63. The number of rotatable bonds is 3. The van der Waals surface area contributed by atoms with Gasteiger partial charge < -0.3 is 10.2 Å². The van der Waals surface area contributed by atoms with Gasteiger partial charge in [0.2, 0.25) is 5.91 Å². The molecule has 0 radical (unpaired) electrons. The third kappa shape index (κ3) is 3.81. The van der Waals surface area contributed by atoms with Crippen molar-refractivity contribution in [2.24, 2.45) is 5.92 Å². The van der Waals surface area contributed by atoms with Crippen LogP contribution in [-0.4, -0.2) is 45.8 Å². The zero-order chi connectivity index (χ0) is 18.0. The van der Waals surface area contributed by atoms with Crippen LogP contribution < -0.4 is 5.32 Å². The molecule has 132 valence electrons. The van der Waals surface area contributed by atoms with Gasteiger partial charge in [-0.05, 0) is 40.4 Å². The third-order valence-electron chi connectivity index (χ3n) is 4.72. The van der Waals surface area contributed by atoms with Gasteiger partial charge in [-0.3, -0.25) is 14.6 Å². The topological polar surface area (TPSA) is 75.2 Å². The molecule has 2 aromatic rings. The van der Waals surface area contributed by atoms with E-state index in [0.29, 0.717) is 30.1 Å². The minimum atomic E-state index is -0.215. The Hall–Kier alpha value is -2.02. The molecule has 0 spiro atoms. The first kappa shape index (κ1) is 17.8. The minimum absolute atomic E-state index is 0.0601. The van der Waals surface area contributed by atoms with Gasteiger partial charge in [-0.15, -0.1) is 0 Å². The largest absolute Gasteiger partial charge is 0.346 e. The number of piperidine rings is 1. The number of nitrogens with zero attached hydrogens (tertiary/aromatic N) is 3. The van der Waals surface area contributed by atoms with Crippen molar-refractivity contribution < 1.29 is 9.59 Å². The van der Waals surface area contributed by atoms with Crippen molar-refractivity contribution in [3.8, 4) is 0 Å². The van der Waals surface area contributed by atoms with Crippen molar-refractivity contribution in [2.45, 2.75) is 32.7 Å². The molecule has 0 saturated carbocycles. The molecule has 2 aromatic heterocycles. The molecule has 1 fully saturated rings. The lowest BCUT2D eigenvalue weighted by Crippen LogP contribution is -2.53. The summed E-state index contributed by atoms with van der Waals surface area (Å²) >= 11 is 3.42. The third-order valence-corrected chi connectivity index (χ3v) is 5.30. The van der Waals surface area contributed by atoms with E-state index in [1.54, 1.807) is 18.5 Å². The smallest absolute Gasteiger partial charge is 0.270 e. The summed E-state index contributed by atoms with van der Waals surface area (Å²) in [5.41, 5.74) is 1.08. The van der Waals surface area contributed by atoms with E-state index in [1.165, 1.54) is 0 Å². The average molecular weight is 405 g/mol. The predicted octanol–water partition coefficient (Wildman–Crippen LogP) is 2.77. The van der Waals surface area contributed by atoms with Gasteiger partial charge in [0.25, 0.3) is 5.91 Å². The van der Waals surface area contributed by atoms with Crippen LogP contribution in [0.15, 0.2) is 29.0 Å². The van der Waals surface area contributed by atoms with Crippen LogP contribution in [0.1, 0.15) is 37.2 Å². The molecule has 1 saturated heterocycles. The number of pyridine rings is 2. The number of halogens is 1. The Balaban J connectivity index is 1.77. The monoisotopic (exact) mass is 404 g/mol. The number of carbonyl (C=O) groups is 2. The lowest BCUT2D eigenvalue weighted by molar-refractivity contribution is -0.132. The quantitative estimate of drug-likeness (QED) is 0.852. The van der Waals surface area contributed by atoms with E-state index >= 15 is 0 Å². The number of carbonyl (C=O) groups excluding carboxylic acids is 2. The van der Waals surface area contributed by atoms with Crippen molar-refractivity contribution in [3.63, 3.8) is 0 Å². The van der Waals surface area contributed by atoms with Crippen molar-refractivity contribution in [2.75, 3.05) is 13.1 Å². The van der Waals surface area contributed by atoms with Crippen LogP contribution in [0.4, 0.5) is 0 Å². The molecule has 2 atom stereocenters. The molecule has 0 aromatic carbocycles.